The van der Waals surface area contributed by atoms with Crippen LogP contribution in [0.1, 0.15) is 16.7 Å². The van der Waals surface area contributed by atoms with E-state index in [1.54, 1.807) is 0 Å². The molecule has 0 atom stereocenters. The number of rotatable bonds is 7. The van der Waals surface area contributed by atoms with Gasteiger partial charge >= 0.3 is 0 Å². The van der Waals surface area contributed by atoms with Crippen LogP contribution in [-0.4, -0.2) is 21.0 Å². The summed E-state index contributed by atoms with van der Waals surface area (Å²) < 4.78 is 2.33. The Morgan fingerprint density at radius 1 is 0.370 bits per heavy atom. The molecule has 0 amide bonds. The monoisotopic (exact) mass is 690 g/mol. The molecule has 2 heterocycles. The van der Waals surface area contributed by atoms with E-state index >= 15 is 0 Å². The summed E-state index contributed by atoms with van der Waals surface area (Å²) in [7, 11) is 0. The first kappa shape index (κ1) is 31.6. The molecule has 1 aliphatic rings. The van der Waals surface area contributed by atoms with Gasteiger partial charge in [-0.2, -0.15) is 0 Å². The molecule has 0 unspecified atom stereocenters. The third kappa shape index (κ3) is 5.19. The Bertz CT molecular complexity index is 2790. The zero-order valence-corrected chi connectivity index (χ0v) is 29.4. The highest BCUT2D eigenvalue weighted by Gasteiger charge is 2.46. The minimum Gasteiger partial charge on any atom is -0.275 e. The Morgan fingerprint density at radius 3 is 1.41 bits per heavy atom. The number of fused-ring (bicyclic) bond motifs is 2. The van der Waals surface area contributed by atoms with Crippen LogP contribution >= 0.6 is 0 Å². The van der Waals surface area contributed by atoms with E-state index in [1.165, 1.54) is 0 Å². The van der Waals surface area contributed by atoms with Gasteiger partial charge in [-0.15, -0.1) is 0 Å². The summed E-state index contributed by atoms with van der Waals surface area (Å²) in [5, 5.41) is 4.44. The Kier molecular flexibility index (Phi) is 7.66. The van der Waals surface area contributed by atoms with Crippen molar-refractivity contribution >= 4 is 33.0 Å². The lowest BCUT2D eigenvalue weighted by Gasteiger charge is -2.31. The molecule has 0 N–H and O–H groups in total. The maximum Gasteiger partial charge on any atom is 0.262 e. The minimum atomic E-state index is -1.31. The van der Waals surface area contributed by atoms with Crippen LogP contribution in [0.4, 0.5) is 0 Å². The molecule has 0 saturated carbocycles. The first-order valence-corrected chi connectivity index (χ1v) is 18.3. The third-order valence-electron chi connectivity index (χ3n) is 10.3. The van der Waals surface area contributed by atoms with Crippen LogP contribution in [-0.2, 0) is 5.79 Å². The average Bonchev–Trinajstić information content (AvgIpc) is 3.86. The molecule has 9 aromatic rings. The summed E-state index contributed by atoms with van der Waals surface area (Å²) in [6.45, 7) is 0. The molecule has 1 aromatic heterocycles. The first-order chi connectivity index (χ1) is 26.8. The first-order valence-electron chi connectivity index (χ1n) is 18.3. The van der Waals surface area contributed by atoms with Crippen LogP contribution in [0.3, 0.4) is 0 Å². The Balaban J connectivity index is 1.44. The smallest absolute Gasteiger partial charge is 0.262 e. The van der Waals surface area contributed by atoms with Crippen molar-refractivity contribution < 1.29 is 0 Å². The number of aliphatic imine (C=N–C) groups is 2. The highest BCUT2D eigenvalue weighted by Crippen LogP contribution is 2.48. The standard InChI is InChI=1S/C50H34N4/c1-5-21-37(22-6-1)45-46(38-23-7-2-8-24-38)53-50(52-45,44-34-18-30-36-20-14-16-32-42(36)44)54-48(40-27-11-4-12-28-40)47(39-25-9-3-10-26-39)51-49(54)43-33-17-29-35-19-13-15-31-41(35)43/h1-34H. The Morgan fingerprint density at radius 2 is 0.815 bits per heavy atom. The second-order valence-electron chi connectivity index (χ2n) is 13.5. The van der Waals surface area contributed by atoms with Crippen molar-refractivity contribution in [2.24, 2.45) is 9.98 Å². The number of imidazole rings is 1. The molecule has 1 aliphatic heterocycles. The second kappa shape index (κ2) is 13.1. The second-order valence-corrected chi connectivity index (χ2v) is 13.5. The van der Waals surface area contributed by atoms with Crippen LogP contribution in [0.2, 0.25) is 0 Å². The van der Waals surface area contributed by atoms with Gasteiger partial charge in [0.05, 0.1) is 22.8 Å². The van der Waals surface area contributed by atoms with Gasteiger partial charge in [0.25, 0.3) is 5.79 Å². The van der Waals surface area contributed by atoms with Crippen molar-refractivity contribution in [3.8, 4) is 33.9 Å². The summed E-state index contributed by atoms with van der Waals surface area (Å²) in [6.07, 6.45) is 0. The fraction of sp³-hybridized carbons (Fsp3) is 0.0200. The summed E-state index contributed by atoms with van der Waals surface area (Å²) in [6, 6.07) is 72.0. The number of aromatic nitrogens is 2. The summed E-state index contributed by atoms with van der Waals surface area (Å²) in [5.41, 5.74) is 9.47. The third-order valence-corrected chi connectivity index (χ3v) is 10.3. The van der Waals surface area contributed by atoms with Gasteiger partial charge in [-0.05, 0) is 21.5 Å². The van der Waals surface area contributed by atoms with E-state index in [-0.39, 0.29) is 0 Å². The van der Waals surface area contributed by atoms with Crippen molar-refractivity contribution in [2.75, 3.05) is 0 Å². The number of nitrogens with zero attached hydrogens (tertiary/aromatic N) is 4. The van der Waals surface area contributed by atoms with Crippen LogP contribution < -0.4 is 0 Å². The van der Waals surface area contributed by atoms with Gasteiger partial charge in [0.2, 0.25) is 0 Å². The van der Waals surface area contributed by atoms with Gasteiger partial charge in [-0.25, -0.2) is 15.0 Å². The minimum absolute atomic E-state index is 0.784. The van der Waals surface area contributed by atoms with E-state index in [1.807, 2.05) is 12.1 Å². The fourth-order valence-electron chi connectivity index (χ4n) is 7.88. The molecule has 0 bridgehead atoms. The molecular weight excluding hydrogens is 657 g/mol. The van der Waals surface area contributed by atoms with Gasteiger partial charge in [0.15, 0.2) is 0 Å². The van der Waals surface area contributed by atoms with Crippen molar-refractivity contribution in [2.45, 2.75) is 5.79 Å². The fourth-order valence-corrected chi connectivity index (χ4v) is 7.88. The van der Waals surface area contributed by atoms with Crippen molar-refractivity contribution in [3.63, 3.8) is 0 Å². The molecule has 0 fully saturated rings. The van der Waals surface area contributed by atoms with Gasteiger partial charge < -0.3 is 0 Å². The van der Waals surface area contributed by atoms with E-state index in [2.05, 4.69) is 199 Å². The van der Waals surface area contributed by atoms with E-state index in [9.17, 15) is 0 Å². The largest absolute Gasteiger partial charge is 0.275 e. The molecule has 254 valence electrons. The molecule has 0 spiro atoms. The van der Waals surface area contributed by atoms with Gasteiger partial charge in [-0.1, -0.05) is 206 Å². The lowest BCUT2D eigenvalue weighted by molar-refractivity contribution is 0.412. The summed E-state index contributed by atoms with van der Waals surface area (Å²) >= 11 is 0. The Hall–Kier alpha value is -7.17. The number of hydrogen-bond donors (Lipinski definition) is 0. The zero-order valence-electron chi connectivity index (χ0n) is 29.4. The maximum atomic E-state index is 5.93. The molecule has 0 aliphatic carbocycles. The molecule has 0 saturated heterocycles. The van der Waals surface area contributed by atoms with Crippen molar-refractivity contribution in [3.05, 3.63) is 223 Å². The van der Waals surface area contributed by atoms with Crippen molar-refractivity contribution in [1.82, 2.24) is 9.55 Å². The molecule has 54 heavy (non-hydrogen) atoms. The molecule has 4 heteroatoms. The van der Waals surface area contributed by atoms with E-state index in [0.717, 1.165) is 83.6 Å². The average molecular weight is 691 g/mol. The molecule has 10 rings (SSSR count). The van der Waals surface area contributed by atoms with E-state index in [0.29, 0.717) is 0 Å². The van der Waals surface area contributed by atoms with Crippen LogP contribution in [0, 0.1) is 0 Å². The summed E-state index contributed by atoms with van der Waals surface area (Å²) in [4.78, 5) is 17.6. The molecule has 0 radical (unpaired) electrons. The maximum absolute atomic E-state index is 5.93. The number of hydrogen-bond acceptors (Lipinski definition) is 3. The topological polar surface area (TPSA) is 42.5 Å². The number of benzene rings is 8. The van der Waals surface area contributed by atoms with Crippen LogP contribution in [0.15, 0.2) is 216 Å². The summed E-state index contributed by atoms with van der Waals surface area (Å²) in [5.74, 6) is -0.527. The van der Waals surface area contributed by atoms with Crippen LogP contribution in [0.25, 0.3) is 55.4 Å². The lowest BCUT2D eigenvalue weighted by atomic mass is 9.97. The predicted octanol–water partition coefficient (Wildman–Crippen LogP) is 11.8. The van der Waals surface area contributed by atoms with Gasteiger partial charge in [0.1, 0.15) is 5.82 Å². The van der Waals surface area contributed by atoms with Gasteiger partial charge in [0, 0.05) is 33.4 Å². The molecular formula is C50H34N4. The van der Waals surface area contributed by atoms with E-state index < -0.39 is 5.79 Å². The normalized spacial score (nSPS) is 13.6. The van der Waals surface area contributed by atoms with Crippen LogP contribution in [0.5, 0.6) is 0 Å². The Labute approximate surface area is 314 Å². The molecule has 8 aromatic carbocycles. The van der Waals surface area contributed by atoms with Crippen molar-refractivity contribution in [1.29, 1.82) is 0 Å². The van der Waals surface area contributed by atoms with Gasteiger partial charge in [-0.3, -0.25) is 4.57 Å². The zero-order chi connectivity index (χ0) is 35.9. The highest BCUT2D eigenvalue weighted by atomic mass is 15.4. The quantitative estimate of drug-likeness (QED) is 0.164. The van der Waals surface area contributed by atoms with E-state index in [4.69, 9.17) is 15.0 Å². The SMILES string of the molecule is c1ccc(C2=NC(c3cccc4ccccc34)(n3c(-c4cccc5ccccc45)nc(-c4ccccc4)c3-c3ccccc3)N=C2c2ccccc2)cc1. The lowest BCUT2D eigenvalue weighted by Crippen LogP contribution is -2.31. The highest BCUT2D eigenvalue weighted by molar-refractivity contribution is 6.54. The molecule has 4 nitrogen and oxygen atoms in total. The predicted molar refractivity (Wildman–Crippen MR) is 223 cm³/mol.